The molecule has 0 radical (unpaired) electrons. The van der Waals surface area contributed by atoms with Gasteiger partial charge in [-0.05, 0) is 23.1 Å². The Balaban J connectivity index is 1.59. The first-order chi connectivity index (χ1) is 14.5. The fourth-order valence-corrected chi connectivity index (χ4v) is 4.46. The lowest BCUT2D eigenvalue weighted by Crippen LogP contribution is -2.47. The number of piperidine rings is 1. The first-order valence-electron chi connectivity index (χ1n) is 9.43. The normalized spacial score (nSPS) is 19.0. The zero-order valence-electron chi connectivity index (χ0n) is 16.2. The molecule has 30 heavy (non-hydrogen) atoms. The Bertz CT molecular complexity index is 994. The van der Waals surface area contributed by atoms with E-state index in [0.29, 0.717) is 5.56 Å². The van der Waals surface area contributed by atoms with E-state index in [4.69, 9.17) is 14.5 Å². The maximum atomic E-state index is 12.5. The fourth-order valence-electron chi connectivity index (χ4n) is 3.20. The number of hydrogen-bond acceptors (Lipinski definition) is 6. The Labute approximate surface area is 175 Å². The maximum Gasteiger partial charge on any atom is 0.410 e. The monoisotopic (exact) mass is 430 g/mol. The van der Waals surface area contributed by atoms with Crippen molar-refractivity contribution in [3.8, 4) is 0 Å². The topological polar surface area (TPSA) is 122 Å². The molecule has 2 aromatic carbocycles. The largest absolute Gasteiger partial charge is 0.445 e. The molecule has 9 nitrogen and oxygen atoms in total. The van der Waals surface area contributed by atoms with Crippen LogP contribution >= 0.6 is 0 Å². The average Bonchev–Trinajstić information content (AvgIpc) is 2.73. The van der Waals surface area contributed by atoms with E-state index in [9.17, 15) is 13.2 Å². The highest BCUT2D eigenvalue weighted by Crippen LogP contribution is 2.25. The summed E-state index contributed by atoms with van der Waals surface area (Å²) in [5.41, 5.74) is 10.3. The van der Waals surface area contributed by atoms with Gasteiger partial charge in [0.15, 0.2) is 0 Å². The van der Waals surface area contributed by atoms with Crippen LogP contribution in [0.5, 0.6) is 0 Å². The summed E-state index contributed by atoms with van der Waals surface area (Å²) >= 11 is 0. The van der Waals surface area contributed by atoms with Crippen LogP contribution in [0.1, 0.15) is 24.0 Å². The van der Waals surface area contributed by atoms with Crippen LogP contribution in [0.4, 0.5) is 4.79 Å². The zero-order valence-corrected chi connectivity index (χ0v) is 17.0. The van der Waals surface area contributed by atoms with Crippen molar-refractivity contribution in [3.63, 3.8) is 0 Å². The van der Waals surface area contributed by atoms with E-state index < -0.39 is 28.5 Å². The van der Waals surface area contributed by atoms with Crippen molar-refractivity contribution in [1.29, 1.82) is 0 Å². The number of benzene rings is 2. The van der Waals surface area contributed by atoms with Crippen molar-refractivity contribution in [2.24, 2.45) is 5.11 Å². The quantitative estimate of drug-likeness (QED) is 0.285. The van der Waals surface area contributed by atoms with Crippen molar-refractivity contribution < 1.29 is 22.1 Å². The predicted molar refractivity (Wildman–Crippen MR) is 109 cm³/mol. The maximum absolute atomic E-state index is 12.5. The number of likely N-dealkylation sites (tertiary alicyclic amines) is 1. The lowest BCUT2D eigenvalue weighted by molar-refractivity contribution is 0.0388. The van der Waals surface area contributed by atoms with Gasteiger partial charge in [0.1, 0.15) is 18.5 Å². The van der Waals surface area contributed by atoms with Gasteiger partial charge < -0.3 is 4.74 Å². The van der Waals surface area contributed by atoms with E-state index in [1.807, 2.05) is 30.3 Å². The van der Waals surface area contributed by atoms with Gasteiger partial charge in [-0.3, -0.25) is 9.08 Å². The molecular weight excluding hydrogens is 408 g/mol. The van der Waals surface area contributed by atoms with Gasteiger partial charge in [-0.2, -0.15) is 8.42 Å². The molecule has 1 saturated heterocycles. The third kappa shape index (κ3) is 6.21. The first-order valence-corrected chi connectivity index (χ1v) is 11.0. The number of amides is 1. The van der Waals surface area contributed by atoms with Crippen LogP contribution in [0.3, 0.4) is 0 Å². The molecule has 0 N–H and O–H groups in total. The first kappa shape index (κ1) is 21.6. The predicted octanol–water partition coefficient (Wildman–Crippen LogP) is 3.97. The van der Waals surface area contributed by atoms with Crippen molar-refractivity contribution in [2.75, 3.05) is 6.54 Å². The molecule has 158 valence electrons. The second-order valence-corrected chi connectivity index (χ2v) is 8.45. The Hall–Kier alpha value is -3.07. The SMILES string of the molecule is [N-]=[N+]=NC1CC(OS(=O)(=O)Cc2ccccc2)CCN1C(=O)OCc1ccccc1. The smallest absolute Gasteiger partial charge is 0.410 e. The summed E-state index contributed by atoms with van der Waals surface area (Å²) in [6, 6.07) is 17.9. The molecule has 2 atom stereocenters. The van der Waals surface area contributed by atoms with Gasteiger partial charge in [-0.25, -0.2) is 4.79 Å². The summed E-state index contributed by atoms with van der Waals surface area (Å²) in [6.07, 6.45) is -1.84. The zero-order chi connectivity index (χ0) is 21.4. The molecule has 0 aromatic heterocycles. The number of carbonyl (C=O) groups is 1. The number of rotatable bonds is 7. The van der Waals surface area contributed by atoms with Crippen LogP contribution in [0.15, 0.2) is 65.8 Å². The Kier molecular flexibility index (Phi) is 7.29. The van der Waals surface area contributed by atoms with Gasteiger partial charge in [-0.1, -0.05) is 65.8 Å². The fraction of sp³-hybridized carbons (Fsp3) is 0.350. The van der Waals surface area contributed by atoms with E-state index in [-0.39, 0.29) is 31.7 Å². The van der Waals surface area contributed by atoms with E-state index in [2.05, 4.69) is 10.0 Å². The summed E-state index contributed by atoms with van der Waals surface area (Å²) in [4.78, 5) is 16.5. The van der Waals surface area contributed by atoms with Gasteiger partial charge in [-0.15, -0.1) is 0 Å². The minimum atomic E-state index is -3.83. The van der Waals surface area contributed by atoms with Gasteiger partial charge in [0, 0.05) is 17.9 Å². The summed E-state index contributed by atoms with van der Waals surface area (Å²) in [5.74, 6) is -0.251. The average molecular weight is 430 g/mol. The Morgan fingerprint density at radius 3 is 2.37 bits per heavy atom. The molecule has 1 fully saturated rings. The van der Waals surface area contributed by atoms with Crippen molar-refractivity contribution in [2.45, 2.75) is 37.5 Å². The van der Waals surface area contributed by atoms with Crippen molar-refractivity contribution in [3.05, 3.63) is 82.2 Å². The van der Waals surface area contributed by atoms with Crippen molar-refractivity contribution in [1.82, 2.24) is 4.90 Å². The van der Waals surface area contributed by atoms with Gasteiger partial charge >= 0.3 is 6.09 Å². The molecule has 1 aliphatic rings. The van der Waals surface area contributed by atoms with E-state index in [0.717, 1.165) is 5.56 Å². The number of ether oxygens (including phenoxy) is 1. The summed E-state index contributed by atoms with van der Waals surface area (Å²) < 4.78 is 35.4. The molecule has 2 unspecified atom stereocenters. The van der Waals surface area contributed by atoms with E-state index in [1.54, 1.807) is 30.3 Å². The molecule has 10 heteroatoms. The Morgan fingerprint density at radius 1 is 1.10 bits per heavy atom. The molecule has 1 heterocycles. The van der Waals surface area contributed by atoms with Crippen LogP contribution in [-0.4, -0.2) is 38.2 Å². The molecule has 1 aliphatic heterocycles. The summed E-state index contributed by atoms with van der Waals surface area (Å²) in [7, 11) is -3.83. The minimum absolute atomic E-state index is 0.0680. The van der Waals surface area contributed by atoms with Crippen molar-refractivity contribution >= 4 is 16.2 Å². The number of azide groups is 1. The second-order valence-electron chi connectivity index (χ2n) is 6.85. The van der Waals surface area contributed by atoms with Crippen LogP contribution in [0.2, 0.25) is 0 Å². The molecule has 2 aromatic rings. The van der Waals surface area contributed by atoms with Crippen LogP contribution < -0.4 is 0 Å². The van der Waals surface area contributed by atoms with Crippen LogP contribution in [0, 0.1) is 0 Å². The number of carbonyl (C=O) groups excluding carboxylic acids is 1. The molecule has 0 bridgehead atoms. The number of nitrogens with zero attached hydrogens (tertiary/aromatic N) is 4. The molecule has 0 saturated carbocycles. The molecule has 0 aliphatic carbocycles. The second kappa shape index (κ2) is 10.1. The molecule has 1 amide bonds. The lowest BCUT2D eigenvalue weighted by Gasteiger charge is -2.35. The molecular formula is C20H22N4O5S. The van der Waals surface area contributed by atoms with Gasteiger partial charge in [0.05, 0.1) is 6.10 Å². The van der Waals surface area contributed by atoms with Gasteiger partial charge in [0.25, 0.3) is 10.1 Å². The minimum Gasteiger partial charge on any atom is -0.445 e. The summed E-state index contributed by atoms with van der Waals surface area (Å²) in [5, 5.41) is 3.64. The number of hydrogen-bond donors (Lipinski definition) is 0. The highest BCUT2D eigenvalue weighted by atomic mass is 32.2. The lowest BCUT2D eigenvalue weighted by atomic mass is 10.1. The van der Waals surface area contributed by atoms with E-state index >= 15 is 0 Å². The molecule has 3 rings (SSSR count). The highest BCUT2D eigenvalue weighted by molar-refractivity contribution is 7.85. The van der Waals surface area contributed by atoms with Crippen LogP contribution in [-0.2, 0) is 31.4 Å². The molecule has 0 spiro atoms. The highest BCUT2D eigenvalue weighted by Gasteiger charge is 2.34. The standard InChI is InChI=1S/C20H22N4O5S/c21-23-22-19-13-18(29-30(26,27)15-17-9-5-2-6-10-17)11-12-24(19)20(25)28-14-16-7-3-1-4-8-16/h1-10,18-19H,11-15H2. The third-order valence-corrected chi connectivity index (χ3v) is 5.87. The third-order valence-electron chi connectivity index (χ3n) is 4.62. The van der Waals surface area contributed by atoms with Crippen LogP contribution in [0.25, 0.3) is 10.4 Å². The Morgan fingerprint density at radius 2 is 1.73 bits per heavy atom. The summed E-state index contributed by atoms with van der Waals surface area (Å²) in [6.45, 7) is 0.243. The van der Waals surface area contributed by atoms with E-state index in [1.165, 1.54) is 4.90 Å². The van der Waals surface area contributed by atoms with Gasteiger partial charge in [0.2, 0.25) is 0 Å².